The molecule has 6 aromatic heterocycles. The summed E-state index contributed by atoms with van der Waals surface area (Å²) in [5.74, 6) is 5.79. The van der Waals surface area contributed by atoms with Gasteiger partial charge >= 0.3 is 42.7 Å². The van der Waals surface area contributed by atoms with Gasteiger partial charge in [-0.05, 0) is 324 Å². The number of benzene rings is 6. The Morgan fingerprint density at radius 2 is 0.547 bits per heavy atom. The Morgan fingerprint density at radius 1 is 0.255 bits per heavy atom. The van der Waals surface area contributed by atoms with Crippen LogP contribution in [-0.2, 0) is 67.6 Å². The monoisotopic (exact) mass is 1840 g/mol. The standard InChI is InChI=1S/6C16H15BN2O3.5CH4/c1-9-4-14-13(8-21-17(14)20)5-15(9)22-16-6-12(7-18)10(2)11(3)19-16;1-9-4-14(5-13-8-21-17(20)16(9)13)22-15-6-12(7-18)10(2)11(3)19-15;1-9-4-12(7-18)16(19-11(9)3)22-15-6-13-8-21-17(20)14(13)5-10(15)2;1-9-4-12(7-18)16(19-11(9)3)22-14-5-10(2)15-13(6-14)8-21-17(15)20;1-9-11(3)19-16(6-12(9)7-18)22-15-5-4-14-13(10(15)2)8-21-17(14)20;1-9-6-12(7-18)16(19-11(9)3)22-15-5-4-14-13(10(15)2)8-21-17(14)20;;;;;/h6*4-6,20H,8H2,1-3H3;5*1H4. The maximum absolute atomic E-state index is 9.77. The highest BCUT2D eigenvalue weighted by molar-refractivity contribution is 6.64. The van der Waals surface area contributed by atoms with Crippen molar-refractivity contribution in [3.05, 3.63) is 277 Å². The summed E-state index contributed by atoms with van der Waals surface area (Å²) in [4.78, 5) is 26.2. The number of fused-ring (bicyclic) bond motifs is 6. The van der Waals surface area contributed by atoms with Gasteiger partial charge in [0, 0.05) is 52.4 Å². The lowest BCUT2D eigenvalue weighted by Crippen LogP contribution is -2.30. The van der Waals surface area contributed by atoms with Crippen molar-refractivity contribution < 1.29 is 86.5 Å². The van der Waals surface area contributed by atoms with Gasteiger partial charge in [0.2, 0.25) is 35.3 Å². The van der Waals surface area contributed by atoms with Crippen LogP contribution in [0, 0.1) is 193 Å². The Balaban J connectivity index is 0.000000200. The lowest BCUT2D eigenvalue weighted by Gasteiger charge is -2.13. The number of nitrogens with zero attached hydrogens (tertiary/aromatic N) is 12. The number of nitriles is 6. The number of aromatic nitrogens is 6. The molecular weight excluding hydrogens is 1730 g/mol. The van der Waals surface area contributed by atoms with Crippen LogP contribution in [0.2, 0.25) is 0 Å². The predicted octanol–water partition coefficient (Wildman–Crippen LogP) is 14.5. The minimum atomic E-state index is -0.878. The molecule has 0 saturated carbocycles. The van der Waals surface area contributed by atoms with Gasteiger partial charge in [-0.3, -0.25) is 0 Å². The first-order chi connectivity index (χ1) is 63.0. The van der Waals surface area contributed by atoms with Crippen molar-refractivity contribution in [2.45, 2.75) is 201 Å². The van der Waals surface area contributed by atoms with Crippen LogP contribution in [-0.4, -0.2) is 103 Å². The number of hydrogen-bond donors (Lipinski definition) is 6. The fourth-order valence-corrected chi connectivity index (χ4v) is 15.1. The van der Waals surface area contributed by atoms with Gasteiger partial charge in [0.1, 0.15) is 69.4 Å². The molecular formula is C101H110B6N12O18. The second kappa shape index (κ2) is 46.4. The van der Waals surface area contributed by atoms with Crippen molar-refractivity contribution in [3.8, 4) is 106 Å². The third-order valence-electron chi connectivity index (χ3n) is 23.6. The topological polar surface area (TPSA) is 452 Å². The van der Waals surface area contributed by atoms with Crippen molar-refractivity contribution in [2.24, 2.45) is 0 Å². The van der Waals surface area contributed by atoms with E-state index < -0.39 is 42.7 Å². The maximum atomic E-state index is 9.77. The zero-order chi connectivity index (χ0) is 95.1. The highest BCUT2D eigenvalue weighted by Crippen LogP contribution is 2.37. The second-order valence-corrected chi connectivity index (χ2v) is 32.4. The molecule has 6 N–H and O–H groups in total. The Morgan fingerprint density at radius 3 is 0.912 bits per heavy atom. The number of pyridine rings is 6. The first kappa shape index (κ1) is 108. The van der Waals surface area contributed by atoms with E-state index in [1.807, 2.05) is 173 Å². The van der Waals surface area contributed by atoms with Gasteiger partial charge in [0.15, 0.2) is 0 Å². The number of hydrogen-bond acceptors (Lipinski definition) is 30. The lowest BCUT2D eigenvalue weighted by atomic mass is 9.76. The highest BCUT2D eigenvalue weighted by atomic mass is 16.6. The van der Waals surface area contributed by atoms with Crippen molar-refractivity contribution >= 4 is 75.5 Å². The normalized spacial score (nSPS) is 12.5. The molecule has 0 bridgehead atoms. The summed E-state index contributed by atoms with van der Waals surface area (Å²) in [7, 11) is -5.23. The van der Waals surface area contributed by atoms with E-state index in [1.165, 1.54) is 0 Å². The molecule has 0 saturated heterocycles. The molecule has 0 amide bonds. The average Bonchev–Trinajstić information content (AvgIpc) is 1.71. The largest absolute Gasteiger partial charge is 0.492 e. The Kier molecular flexibility index (Phi) is 36.7. The molecule has 18 rings (SSSR count). The third-order valence-corrected chi connectivity index (χ3v) is 23.6. The molecule has 12 aromatic rings. The van der Waals surface area contributed by atoms with E-state index in [4.69, 9.17) is 72.1 Å². The summed E-state index contributed by atoms with van der Waals surface area (Å²) < 4.78 is 66.3. The van der Waals surface area contributed by atoms with Crippen LogP contribution in [0.5, 0.6) is 69.8 Å². The molecule has 6 aliphatic rings. The van der Waals surface area contributed by atoms with Crippen LogP contribution < -0.4 is 61.2 Å². The molecule has 0 fully saturated rings. The first-order valence-corrected chi connectivity index (χ1v) is 41.9. The molecule has 6 aliphatic heterocycles. The molecule has 30 nitrogen and oxygen atoms in total. The van der Waals surface area contributed by atoms with E-state index in [9.17, 15) is 45.9 Å². The molecule has 6 aromatic carbocycles. The fourth-order valence-electron chi connectivity index (χ4n) is 15.1. The number of ether oxygens (including phenoxy) is 6. The molecule has 0 aliphatic carbocycles. The maximum Gasteiger partial charge on any atom is 0.492 e. The minimum Gasteiger partial charge on any atom is -0.439 e. The number of aryl methyl sites for hydroxylation is 13. The van der Waals surface area contributed by atoms with E-state index in [0.717, 1.165) is 167 Å². The minimum absolute atomic E-state index is 0. The van der Waals surface area contributed by atoms with Crippen molar-refractivity contribution in [1.82, 2.24) is 29.9 Å². The summed E-state index contributed by atoms with van der Waals surface area (Å²) in [5.41, 5.74) is 28.5. The quantitative estimate of drug-likeness (QED) is 0.0619. The van der Waals surface area contributed by atoms with Gasteiger partial charge < -0.3 is 86.5 Å². The van der Waals surface area contributed by atoms with Crippen molar-refractivity contribution in [2.75, 3.05) is 0 Å². The van der Waals surface area contributed by atoms with E-state index in [2.05, 4.69) is 66.3 Å². The van der Waals surface area contributed by atoms with E-state index in [0.29, 0.717) is 143 Å². The molecule has 0 unspecified atom stereocenters. The molecule has 0 spiro atoms. The average molecular weight is 1840 g/mol. The van der Waals surface area contributed by atoms with Gasteiger partial charge in [-0.1, -0.05) is 61.4 Å². The van der Waals surface area contributed by atoms with Gasteiger partial charge in [0.05, 0.1) is 74.5 Å². The summed E-state index contributed by atoms with van der Waals surface area (Å²) in [6, 6.07) is 44.8. The van der Waals surface area contributed by atoms with Gasteiger partial charge in [0.25, 0.3) is 0 Å². The van der Waals surface area contributed by atoms with Gasteiger partial charge in [-0.25, -0.2) is 29.9 Å². The Bertz CT molecular complexity index is 6750. The molecule has 0 atom stereocenters. The highest BCUT2D eigenvalue weighted by Gasteiger charge is 2.36. The van der Waals surface area contributed by atoms with Crippen molar-refractivity contribution in [1.29, 1.82) is 31.6 Å². The summed E-state index contributed by atoms with van der Waals surface area (Å²) in [6.07, 6.45) is 0. The number of rotatable bonds is 12. The van der Waals surface area contributed by atoms with Crippen LogP contribution in [0.1, 0.15) is 205 Å². The van der Waals surface area contributed by atoms with E-state index in [-0.39, 0.29) is 37.1 Å². The van der Waals surface area contributed by atoms with Crippen LogP contribution in [0.3, 0.4) is 0 Å². The second-order valence-electron chi connectivity index (χ2n) is 32.4. The fraction of sp³-hybridized carbons (Fsp3) is 0.287. The molecule has 12 heterocycles. The molecule has 700 valence electrons. The van der Waals surface area contributed by atoms with Crippen LogP contribution in [0.25, 0.3) is 0 Å². The van der Waals surface area contributed by atoms with Crippen LogP contribution in [0.4, 0.5) is 0 Å². The van der Waals surface area contributed by atoms with Crippen LogP contribution >= 0.6 is 0 Å². The van der Waals surface area contributed by atoms with Crippen molar-refractivity contribution in [3.63, 3.8) is 0 Å². The van der Waals surface area contributed by atoms with Gasteiger partial charge in [-0.15, -0.1) is 0 Å². The molecule has 0 radical (unpaired) electrons. The van der Waals surface area contributed by atoms with E-state index in [1.54, 1.807) is 60.7 Å². The Labute approximate surface area is 803 Å². The van der Waals surface area contributed by atoms with E-state index >= 15 is 0 Å². The summed E-state index contributed by atoms with van der Waals surface area (Å²) in [5, 5.41) is 114. The van der Waals surface area contributed by atoms with Crippen LogP contribution in [0.15, 0.2) is 109 Å². The third kappa shape index (κ3) is 24.0. The first-order valence-electron chi connectivity index (χ1n) is 41.9. The summed E-state index contributed by atoms with van der Waals surface area (Å²) >= 11 is 0. The smallest absolute Gasteiger partial charge is 0.439 e. The lowest BCUT2D eigenvalue weighted by molar-refractivity contribution is 0.274. The Hall–Kier alpha value is -14.1. The van der Waals surface area contributed by atoms with Gasteiger partial charge in [-0.2, -0.15) is 31.6 Å². The zero-order valence-electron chi connectivity index (χ0n) is 76.0. The SMILES string of the molecule is C.C.C.C.C.Cc1cc(C#N)c(Oc2cc(C)c3c(c2)COB3O)nc1C.Cc1cc(C#N)c(Oc2ccc3c(c2C)COB3O)nc1C.Cc1cc(Oc2cc(C#N)c(C)c(C)n2)cc2c1B(O)OC2.Cc1cc2c(cc1Oc1cc(C#N)c(C)c(C)n1)COB2O.Cc1cc2c(cc1Oc1nc(C)c(C)cc1C#N)COB2O.Cc1nc(Oc2ccc3c(c2C)COB3O)cc(C#N)c1C. The zero-order valence-corrected chi connectivity index (χ0v) is 76.0. The molecule has 137 heavy (non-hydrogen) atoms. The summed E-state index contributed by atoms with van der Waals surface area (Å²) in [6.45, 7) is 36.0. The predicted molar refractivity (Wildman–Crippen MR) is 526 cm³/mol. The molecule has 36 heteroatoms.